The molecule has 0 rings (SSSR count). The number of carbonyl (C=O) groups is 1. The van der Waals surface area contributed by atoms with Crippen LogP contribution in [0.15, 0.2) is 0 Å². The third kappa shape index (κ3) is 60.5. The van der Waals surface area contributed by atoms with E-state index in [4.69, 9.17) is 30.1 Å². The molecular formula is CH7CaO8P. The van der Waals surface area contributed by atoms with Crippen molar-refractivity contribution >= 4 is 51.7 Å². The fourth-order valence-corrected chi connectivity index (χ4v) is 0. The molecule has 0 unspecified atom stereocenters. The third-order valence-electron chi connectivity index (χ3n) is 0.106. The van der Waals surface area contributed by atoms with Crippen LogP contribution in [-0.4, -0.2) is 69.2 Å². The monoisotopic (exact) mass is 218 g/mol. The summed E-state index contributed by atoms with van der Waals surface area (Å²) >= 11 is 0. The number of hydrogen-bond donors (Lipinski definition) is 5. The Bertz CT molecular complexity index is 133. The molecule has 0 aliphatic heterocycles. The molecule has 0 amide bonds. The fraction of sp³-hybridized carbons (Fsp3) is 0. The Balaban J connectivity index is -0.000000114. The Morgan fingerprint density at radius 1 is 1.27 bits per heavy atom. The summed E-state index contributed by atoms with van der Waals surface area (Å²) < 4.78 is 11.8. The molecular weight excluding hydrogens is 211 g/mol. The van der Waals surface area contributed by atoms with Crippen LogP contribution >= 0.6 is 7.82 Å². The molecule has 0 saturated carbocycles. The van der Waals surface area contributed by atoms with Gasteiger partial charge in [-0.05, 0) is 0 Å². The van der Waals surface area contributed by atoms with E-state index in [2.05, 4.69) is 4.67 Å². The van der Waals surface area contributed by atoms with Gasteiger partial charge in [-0.15, -0.1) is 4.67 Å². The van der Waals surface area contributed by atoms with E-state index < -0.39 is 14.0 Å². The van der Waals surface area contributed by atoms with Crippen LogP contribution in [0.2, 0.25) is 0 Å². The predicted molar refractivity (Wildman–Crippen MR) is 35.0 cm³/mol. The topological polar surface area (TPSA) is 145 Å². The van der Waals surface area contributed by atoms with E-state index in [0.29, 0.717) is 0 Å². The second kappa shape index (κ2) is 8.69. The molecule has 0 aromatic rings. The van der Waals surface area contributed by atoms with Gasteiger partial charge in [-0.25, -0.2) is 14.6 Å². The van der Waals surface area contributed by atoms with Crippen molar-refractivity contribution in [1.82, 2.24) is 0 Å². The first kappa shape index (κ1) is 17.6. The van der Waals surface area contributed by atoms with Crippen LogP contribution in [-0.2, 0) is 9.24 Å². The maximum absolute atomic E-state index is 9.22. The summed E-state index contributed by atoms with van der Waals surface area (Å²) in [5.74, 6) is 0. The van der Waals surface area contributed by atoms with Crippen LogP contribution in [0.4, 0.5) is 4.79 Å². The molecule has 11 heavy (non-hydrogen) atoms. The van der Waals surface area contributed by atoms with Gasteiger partial charge >= 0.3 is 51.7 Å². The Kier molecular flexibility index (Phi) is 13.9. The van der Waals surface area contributed by atoms with E-state index in [1.807, 2.05) is 0 Å². The number of carboxylic acid groups (broad SMARTS) is 2. The van der Waals surface area contributed by atoms with Gasteiger partial charge < -0.3 is 20.0 Å². The Hall–Kier alpha value is 0.600. The first-order chi connectivity index (χ1) is 4.29. The zero-order valence-electron chi connectivity index (χ0n) is 4.41. The molecule has 8 nitrogen and oxygen atoms in total. The summed E-state index contributed by atoms with van der Waals surface area (Å²) in [5.41, 5.74) is 0. The molecule has 0 aliphatic rings. The van der Waals surface area contributed by atoms with E-state index in [0.717, 1.165) is 0 Å². The van der Waals surface area contributed by atoms with Crippen molar-refractivity contribution in [3.63, 3.8) is 0 Å². The molecule has 5 N–H and O–H groups in total. The van der Waals surface area contributed by atoms with Crippen LogP contribution in [0.25, 0.3) is 0 Å². The van der Waals surface area contributed by atoms with Gasteiger partial charge in [-0.1, -0.05) is 0 Å². The van der Waals surface area contributed by atoms with Crippen LogP contribution in [0.3, 0.4) is 0 Å². The molecule has 0 heterocycles. The van der Waals surface area contributed by atoms with Crippen molar-refractivity contribution in [2.24, 2.45) is 0 Å². The Morgan fingerprint density at radius 3 is 1.36 bits per heavy atom. The molecule has 0 atom stereocenters. The van der Waals surface area contributed by atoms with Crippen molar-refractivity contribution in [1.29, 1.82) is 0 Å². The standard InChI is InChI=1S/CH2O3.Ca.H3O5P.2H/c2-1(3)4;;1-5-6(2,3)4;;/h(H2,2,3,4);;1H,(H2,2,3,4);;. The van der Waals surface area contributed by atoms with Gasteiger partial charge in [-0.3, -0.25) is 0 Å². The molecule has 0 spiro atoms. The number of hydrogen-bond acceptors (Lipinski definition) is 4. The average Bonchev–Trinajstić information content (AvgIpc) is 1.63. The first-order valence-corrected chi connectivity index (χ1v) is 3.13. The number of phosphoric acid groups is 1. The van der Waals surface area contributed by atoms with Crippen molar-refractivity contribution in [3.8, 4) is 0 Å². The van der Waals surface area contributed by atoms with Gasteiger partial charge in [0.05, 0.1) is 0 Å². The molecule has 0 bridgehead atoms. The normalized spacial score (nSPS) is 8.64. The third-order valence-corrected chi connectivity index (χ3v) is 0.319. The fourth-order valence-electron chi connectivity index (χ4n) is 0. The predicted octanol–water partition coefficient (Wildman–Crippen LogP) is -1.13. The van der Waals surface area contributed by atoms with Crippen LogP contribution in [0, 0.1) is 0 Å². The SMILES string of the molecule is O=C(O)O.O=P(O)(O)OO.[CaH2]. The van der Waals surface area contributed by atoms with E-state index in [1.54, 1.807) is 0 Å². The summed E-state index contributed by atoms with van der Waals surface area (Å²) in [7, 11) is -4.59. The second-order valence-electron chi connectivity index (χ2n) is 0.855. The van der Waals surface area contributed by atoms with Gasteiger partial charge in [0.25, 0.3) is 0 Å². The van der Waals surface area contributed by atoms with Crippen molar-refractivity contribution in [3.05, 3.63) is 0 Å². The van der Waals surface area contributed by atoms with Crippen molar-refractivity contribution in [2.45, 2.75) is 0 Å². The second-order valence-corrected chi connectivity index (χ2v) is 2.00. The van der Waals surface area contributed by atoms with Crippen LogP contribution in [0.1, 0.15) is 0 Å². The van der Waals surface area contributed by atoms with E-state index >= 15 is 0 Å². The molecule has 0 aliphatic carbocycles. The van der Waals surface area contributed by atoms with Gasteiger partial charge in [0.2, 0.25) is 0 Å². The van der Waals surface area contributed by atoms with Crippen molar-refractivity contribution in [2.75, 3.05) is 0 Å². The molecule has 10 heteroatoms. The first-order valence-electron chi connectivity index (χ1n) is 1.60. The van der Waals surface area contributed by atoms with Gasteiger partial charge in [-0.2, -0.15) is 0 Å². The molecule has 0 saturated heterocycles. The molecule has 66 valence electrons. The van der Waals surface area contributed by atoms with E-state index in [-0.39, 0.29) is 37.7 Å². The van der Waals surface area contributed by atoms with Gasteiger partial charge in [0, 0.05) is 0 Å². The minimum absolute atomic E-state index is 0. The van der Waals surface area contributed by atoms with Crippen molar-refractivity contribution < 1.29 is 39.3 Å². The minimum atomic E-state index is -4.59. The maximum atomic E-state index is 9.22. The summed E-state index contributed by atoms with van der Waals surface area (Å²) in [4.78, 5) is 23.5. The van der Waals surface area contributed by atoms with E-state index in [1.165, 1.54) is 0 Å². The van der Waals surface area contributed by atoms with Crippen LogP contribution < -0.4 is 0 Å². The van der Waals surface area contributed by atoms with Gasteiger partial charge in [0.15, 0.2) is 0 Å². The molecule has 0 aromatic heterocycles. The Morgan fingerprint density at radius 2 is 1.36 bits per heavy atom. The average molecular weight is 218 g/mol. The summed E-state index contributed by atoms with van der Waals surface area (Å²) in [5, 5.41) is 21.1. The summed E-state index contributed by atoms with van der Waals surface area (Å²) in [6, 6.07) is 0. The van der Waals surface area contributed by atoms with E-state index in [9.17, 15) is 4.57 Å². The Labute approximate surface area is 90.6 Å². The van der Waals surface area contributed by atoms with Crippen LogP contribution in [0.5, 0.6) is 0 Å². The molecule has 0 radical (unpaired) electrons. The molecule has 0 aromatic carbocycles. The zero-order valence-corrected chi connectivity index (χ0v) is 5.30. The molecule has 0 fully saturated rings. The zero-order chi connectivity index (χ0) is 8.78. The summed E-state index contributed by atoms with van der Waals surface area (Å²) in [6.45, 7) is 0. The summed E-state index contributed by atoms with van der Waals surface area (Å²) in [6.07, 6.45) is -1.83. The quantitative estimate of drug-likeness (QED) is 0.161. The van der Waals surface area contributed by atoms with Gasteiger partial charge in [0.1, 0.15) is 0 Å². The number of rotatable bonds is 1.